The van der Waals surface area contributed by atoms with E-state index in [1.807, 2.05) is 18.2 Å². The molecule has 1 aromatic heterocycles. The number of carbonyl (C=O) groups excluding carboxylic acids is 1. The largest absolute Gasteiger partial charge is 0.399 e. The Morgan fingerprint density at radius 2 is 2.39 bits per heavy atom. The van der Waals surface area contributed by atoms with E-state index in [4.69, 9.17) is 5.73 Å². The van der Waals surface area contributed by atoms with Crippen LogP contribution in [-0.4, -0.2) is 26.5 Å². The van der Waals surface area contributed by atoms with E-state index in [1.54, 1.807) is 0 Å². The van der Waals surface area contributed by atoms with E-state index in [-0.39, 0.29) is 17.8 Å². The Morgan fingerprint density at radius 1 is 1.50 bits per heavy atom. The van der Waals surface area contributed by atoms with Crippen LogP contribution in [0.4, 0.5) is 5.69 Å². The van der Waals surface area contributed by atoms with Gasteiger partial charge >= 0.3 is 0 Å². The predicted molar refractivity (Wildman–Crippen MR) is 63.6 cm³/mol. The zero-order valence-electron chi connectivity index (χ0n) is 9.55. The van der Waals surface area contributed by atoms with Crippen LogP contribution in [0, 0.1) is 0 Å². The molecule has 1 aromatic carbocycles. The van der Waals surface area contributed by atoms with E-state index in [0.717, 1.165) is 24.1 Å². The molecule has 2 aromatic rings. The first-order valence-corrected chi connectivity index (χ1v) is 5.66. The lowest BCUT2D eigenvalue weighted by atomic mass is 10.1. The van der Waals surface area contributed by atoms with Crippen molar-refractivity contribution in [2.24, 2.45) is 0 Å². The molecule has 1 atom stereocenters. The van der Waals surface area contributed by atoms with Crippen LogP contribution >= 0.6 is 0 Å². The van der Waals surface area contributed by atoms with Gasteiger partial charge in [0.25, 0.3) is 11.7 Å². The second-order valence-corrected chi connectivity index (χ2v) is 4.26. The zero-order chi connectivity index (χ0) is 12.5. The summed E-state index contributed by atoms with van der Waals surface area (Å²) in [6.07, 6.45) is 1.78. The summed E-state index contributed by atoms with van der Waals surface area (Å²) >= 11 is 0. The summed E-state index contributed by atoms with van der Waals surface area (Å²) in [5.41, 5.74) is 8.78. The number of aromatic nitrogens is 4. The molecule has 18 heavy (non-hydrogen) atoms. The maximum atomic E-state index is 11.8. The van der Waals surface area contributed by atoms with Crippen molar-refractivity contribution < 1.29 is 4.79 Å². The van der Waals surface area contributed by atoms with Crippen LogP contribution in [0.3, 0.4) is 0 Å². The van der Waals surface area contributed by atoms with E-state index in [0.29, 0.717) is 0 Å². The summed E-state index contributed by atoms with van der Waals surface area (Å²) < 4.78 is 0. The highest BCUT2D eigenvalue weighted by molar-refractivity contribution is 5.90. The number of hydrogen-bond acceptors (Lipinski definition) is 5. The van der Waals surface area contributed by atoms with Gasteiger partial charge in [-0.2, -0.15) is 5.21 Å². The number of nitrogen functional groups attached to an aromatic ring is 1. The van der Waals surface area contributed by atoms with Gasteiger partial charge in [-0.25, -0.2) is 0 Å². The molecule has 1 aliphatic rings. The summed E-state index contributed by atoms with van der Waals surface area (Å²) in [4.78, 5) is 11.8. The van der Waals surface area contributed by atoms with Crippen molar-refractivity contribution in [1.82, 2.24) is 25.9 Å². The molecule has 0 spiro atoms. The van der Waals surface area contributed by atoms with Crippen molar-refractivity contribution in [2.75, 3.05) is 5.73 Å². The minimum absolute atomic E-state index is 0.00778. The average molecular weight is 244 g/mol. The Bertz CT molecular complexity index is 579. The number of hydrogen-bond donors (Lipinski definition) is 3. The Hall–Kier alpha value is -2.44. The Morgan fingerprint density at radius 3 is 3.17 bits per heavy atom. The normalized spacial score (nSPS) is 17.4. The van der Waals surface area contributed by atoms with Crippen LogP contribution < -0.4 is 11.1 Å². The van der Waals surface area contributed by atoms with Gasteiger partial charge in [-0.15, -0.1) is 10.2 Å². The van der Waals surface area contributed by atoms with Gasteiger partial charge in [-0.3, -0.25) is 4.79 Å². The number of nitrogens with one attached hydrogen (secondary N) is 2. The molecule has 3 rings (SSSR count). The minimum atomic E-state index is -0.321. The lowest BCUT2D eigenvalue weighted by Crippen LogP contribution is -2.28. The monoisotopic (exact) mass is 244 g/mol. The third-order valence-electron chi connectivity index (χ3n) is 3.10. The molecule has 0 fully saturated rings. The van der Waals surface area contributed by atoms with Crippen molar-refractivity contribution in [3.8, 4) is 0 Å². The highest BCUT2D eigenvalue weighted by atomic mass is 16.2. The van der Waals surface area contributed by atoms with Gasteiger partial charge in [0.1, 0.15) is 0 Å². The van der Waals surface area contributed by atoms with Crippen LogP contribution in [0.5, 0.6) is 0 Å². The number of benzene rings is 1. The smallest absolute Gasteiger partial charge is 0.293 e. The maximum absolute atomic E-state index is 11.8. The number of nitrogens with two attached hydrogens (primary N) is 1. The second kappa shape index (κ2) is 4.10. The number of fused-ring (bicyclic) bond motifs is 1. The number of anilines is 1. The molecule has 7 heteroatoms. The van der Waals surface area contributed by atoms with Crippen molar-refractivity contribution in [3.63, 3.8) is 0 Å². The molecule has 1 heterocycles. The first-order chi connectivity index (χ1) is 8.74. The summed E-state index contributed by atoms with van der Waals surface area (Å²) in [6, 6.07) is 5.75. The number of H-pyrrole nitrogens is 1. The van der Waals surface area contributed by atoms with Gasteiger partial charge in [0.05, 0.1) is 6.04 Å². The number of rotatable bonds is 2. The van der Waals surface area contributed by atoms with E-state index in [2.05, 4.69) is 25.9 Å². The van der Waals surface area contributed by atoms with Crippen LogP contribution in [0.25, 0.3) is 0 Å². The van der Waals surface area contributed by atoms with Crippen LogP contribution in [0.15, 0.2) is 18.2 Å². The highest BCUT2D eigenvalue weighted by Gasteiger charge is 2.25. The van der Waals surface area contributed by atoms with E-state index < -0.39 is 0 Å². The summed E-state index contributed by atoms with van der Waals surface area (Å²) in [7, 11) is 0. The predicted octanol–water partition coefficient (Wildman–Crippen LogP) is 0.199. The maximum Gasteiger partial charge on any atom is 0.293 e. The van der Waals surface area contributed by atoms with E-state index in [9.17, 15) is 4.79 Å². The van der Waals surface area contributed by atoms with Crippen molar-refractivity contribution in [2.45, 2.75) is 18.9 Å². The highest BCUT2D eigenvalue weighted by Crippen LogP contribution is 2.32. The summed E-state index contributed by atoms with van der Waals surface area (Å²) in [5.74, 6) is -0.266. The molecule has 92 valence electrons. The average Bonchev–Trinajstić information content (AvgIpc) is 2.98. The fourth-order valence-electron chi connectivity index (χ4n) is 2.27. The minimum Gasteiger partial charge on any atom is -0.399 e. The van der Waals surface area contributed by atoms with E-state index >= 15 is 0 Å². The van der Waals surface area contributed by atoms with Crippen LogP contribution in [0.1, 0.15) is 34.2 Å². The molecule has 1 unspecified atom stereocenters. The number of tetrazole rings is 1. The van der Waals surface area contributed by atoms with Gasteiger partial charge < -0.3 is 11.1 Å². The van der Waals surface area contributed by atoms with E-state index in [1.165, 1.54) is 5.56 Å². The van der Waals surface area contributed by atoms with Crippen molar-refractivity contribution in [3.05, 3.63) is 35.2 Å². The number of amides is 1. The van der Waals surface area contributed by atoms with Gasteiger partial charge in [-0.1, -0.05) is 6.07 Å². The van der Waals surface area contributed by atoms with Crippen molar-refractivity contribution >= 4 is 11.6 Å². The standard InChI is InChI=1S/C11H12N6O/c12-7-2-3-8-6(5-7)1-4-9(8)13-11(18)10-14-16-17-15-10/h2-3,5,9H,1,4,12H2,(H,13,18)(H,14,15,16,17). The van der Waals surface area contributed by atoms with Gasteiger partial charge in [0.2, 0.25) is 0 Å². The molecule has 0 saturated carbocycles. The lowest BCUT2D eigenvalue weighted by molar-refractivity contribution is 0.0926. The molecule has 7 nitrogen and oxygen atoms in total. The first-order valence-electron chi connectivity index (χ1n) is 5.66. The van der Waals surface area contributed by atoms with Crippen LogP contribution in [-0.2, 0) is 6.42 Å². The third kappa shape index (κ3) is 1.79. The molecular weight excluding hydrogens is 232 g/mol. The molecule has 1 amide bonds. The molecule has 0 saturated heterocycles. The fraction of sp³-hybridized carbons (Fsp3) is 0.273. The molecule has 0 radical (unpaired) electrons. The number of carbonyl (C=O) groups is 1. The summed E-state index contributed by atoms with van der Waals surface area (Å²) in [6.45, 7) is 0. The lowest BCUT2D eigenvalue weighted by Gasteiger charge is -2.12. The Balaban J connectivity index is 1.79. The molecule has 4 N–H and O–H groups in total. The van der Waals surface area contributed by atoms with Gasteiger partial charge in [-0.05, 0) is 41.3 Å². The fourth-order valence-corrected chi connectivity index (χ4v) is 2.27. The molecular formula is C11H12N6O. The van der Waals surface area contributed by atoms with Gasteiger partial charge in [0.15, 0.2) is 0 Å². The zero-order valence-corrected chi connectivity index (χ0v) is 9.55. The summed E-state index contributed by atoms with van der Waals surface area (Å²) in [5, 5.41) is 15.8. The van der Waals surface area contributed by atoms with Crippen molar-refractivity contribution in [1.29, 1.82) is 0 Å². The SMILES string of the molecule is Nc1ccc2c(c1)CCC2NC(=O)c1nn[nH]n1. The third-order valence-corrected chi connectivity index (χ3v) is 3.10. The Labute approximate surface area is 103 Å². The Kier molecular flexibility index (Phi) is 2.44. The first kappa shape index (κ1) is 10.7. The van der Waals surface area contributed by atoms with Gasteiger partial charge in [0, 0.05) is 5.69 Å². The van der Waals surface area contributed by atoms with Crippen LogP contribution in [0.2, 0.25) is 0 Å². The quantitative estimate of drug-likeness (QED) is 0.654. The topological polar surface area (TPSA) is 110 Å². The number of nitrogens with zero attached hydrogens (tertiary/aromatic N) is 3. The molecule has 0 aliphatic heterocycles. The molecule has 0 bridgehead atoms. The number of aromatic amines is 1. The second-order valence-electron chi connectivity index (χ2n) is 4.26. The number of aryl methyl sites for hydroxylation is 1. The molecule has 1 aliphatic carbocycles.